The van der Waals surface area contributed by atoms with E-state index < -0.39 is 0 Å². The van der Waals surface area contributed by atoms with Crippen LogP contribution in [0.15, 0.2) is 49.2 Å². The molecule has 0 aliphatic carbocycles. The van der Waals surface area contributed by atoms with E-state index in [9.17, 15) is 0 Å². The molecule has 2 aromatic heterocycles. The number of anilines is 1. The van der Waals surface area contributed by atoms with Crippen LogP contribution in [0.5, 0.6) is 0 Å². The Kier molecular flexibility index (Phi) is 3.99. The van der Waals surface area contributed by atoms with Gasteiger partial charge in [0.1, 0.15) is 0 Å². The van der Waals surface area contributed by atoms with E-state index in [1.165, 1.54) is 16.9 Å². The molecule has 0 saturated heterocycles. The van der Waals surface area contributed by atoms with Gasteiger partial charge in [-0.1, -0.05) is 23.7 Å². The molecular formula is C14H13ClN4S. The van der Waals surface area contributed by atoms with Crippen LogP contribution >= 0.6 is 22.9 Å². The summed E-state index contributed by atoms with van der Waals surface area (Å²) in [5.74, 6) is 0. The van der Waals surface area contributed by atoms with Crippen molar-refractivity contribution in [3.63, 3.8) is 0 Å². The number of halogens is 1. The Morgan fingerprint density at radius 1 is 1.35 bits per heavy atom. The molecule has 0 aliphatic heterocycles. The zero-order chi connectivity index (χ0) is 13.8. The number of imidazole rings is 1. The Morgan fingerprint density at radius 2 is 2.30 bits per heavy atom. The maximum absolute atomic E-state index is 5.82. The zero-order valence-corrected chi connectivity index (χ0v) is 12.2. The number of hydrogen-bond donors (Lipinski definition) is 1. The minimum Gasteiger partial charge on any atom is -0.380 e. The van der Waals surface area contributed by atoms with Crippen LogP contribution in [0.3, 0.4) is 0 Å². The predicted octanol–water partition coefficient (Wildman–Crippen LogP) is 3.65. The normalized spacial score (nSPS) is 10.7. The molecule has 0 radical (unpaired) electrons. The quantitative estimate of drug-likeness (QED) is 0.782. The van der Waals surface area contributed by atoms with Crippen LogP contribution in [0, 0.1) is 0 Å². The molecule has 0 unspecified atom stereocenters. The third-order valence-corrected chi connectivity index (χ3v) is 3.96. The molecule has 4 nitrogen and oxygen atoms in total. The molecule has 1 N–H and O–H groups in total. The summed E-state index contributed by atoms with van der Waals surface area (Å²) in [4.78, 5) is 9.20. The number of rotatable bonds is 5. The molecule has 0 atom stereocenters. The van der Waals surface area contributed by atoms with E-state index in [4.69, 9.17) is 11.6 Å². The van der Waals surface area contributed by atoms with Crippen LogP contribution in [0.25, 0.3) is 0 Å². The molecule has 1 aromatic carbocycles. The van der Waals surface area contributed by atoms with Crippen molar-refractivity contribution in [1.29, 1.82) is 0 Å². The Balaban J connectivity index is 1.65. The first-order valence-corrected chi connectivity index (χ1v) is 7.38. The summed E-state index contributed by atoms with van der Waals surface area (Å²) in [6.45, 7) is 1.56. The molecule has 0 bridgehead atoms. The van der Waals surface area contributed by atoms with Crippen LogP contribution in [0.1, 0.15) is 10.4 Å². The largest absolute Gasteiger partial charge is 0.380 e. The lowest BCUT2D eigenvalue weighted by Crippen LogP contribution is -2.00. The lowest BCUT2D eigenvalue weighted by molar-refractivity contribution is 0.797. The van der Waals surface area contributed by atoms with Gasteiger partial charge < -0.3 is 9.88 Å². The van der Waals surface area contributed by atoms with Crippen molar-refractivity contribution in [3.8, 4) is 0 Å². The van der Waals surface area contributed by atoms with Crippen LogP contribution in [-0.4, -0.2) is 14.5 Å². The SMILES string of the molecule is Clc1ncc(CNc2cccc(Cn3ccnc3)c2)s1. The summed E-state index contributed by atoms with van der Waals surface area (Å²) in [7, 11) is 0. The standard InChI is InChI=1S/C14H13ClN4S/c15-14-18-8-13(20-14)7-17-12-3-1-2-11(6-12)9-19-5-4-16-10-19/h1-6,8,10,17H,7,9H2. The van der Waals surface area contributed by atoms with Gasteiger partial charge in [0.15, 0.2) is 4.47 Å². The highest BCUT2D eigenvalue weighted by atomic mass is 35.5. The fourth-order valence-corrected chi connectivity index (χ4v) is 2.84. The van der Waals surface area contributed by atoms with Gasteiger partial charge in [0.2, 0.25) is 0 Å². The van der Waals surface area contributed by atoms with Crippen molar-refractivity contribution in [3.05, 3.63) is 64.1 Å². The number of hydrogen-bond acceptors (Lipinski definition) is 4. The van der Waals surface area contributed by atoms with Gasteiger partial charge in [-0.25, -0.2) is 9.97 Å². The molecule has 0 amide bonds. The topological polar surface area (TPSA) is 42.7 Å². The number of nitrogens with one attached hydrogen (secondary N) is 1. The fourth-order valence-electron chi connectivity index (χ4n) is 1.93. The van der Waals surface area contributed by atoms with E-state index in [1.54, 1.807) is 12.4 Å². The first-order chi connectivity index (χ1) is 9.79. The maximum Gasteiger partial charge on any atom is 0.183 e. The smallest absolute Gasteiger partial charge is 0.183 e. The summed E-state index contributed by atoms with van der Waals surface area (Å²) in [5.41, 5.74) is 2.32. The zero-order valence-electron chi connectivity index (χ0n) is 10.7. The molecule has 2 heterocycles. The lowest BCUT2D eigenvalue weighted by atomic mass is 10.2. The molecule has 0 fully saturated rings. The highest BCUT2D eigenvalue weighted by Crippen LogP contribution is 2.19. The second kappa shape index (κ2) is 6.07. The van der Waals surface area contributed by atoms with Crippen molar-refractivity contribution in [2.24, 2.45) is 0 Å². The van der Waals surface area contributed by atoms with Gasteiger partial charge in [-0.3, -0.25) is 0 Å². The van der Waals surface area contributed by atoms with Crippen LogP contribution in [-0.2, 0) is 13.1 Å². The summed E-state index contributed by atoms with van der Waals surface area (Å²) in [6.07, 6.45) is 7.36. The third-order valence-electron chi connectivity index (χ3n) is 2.84. The third kappa shape index (κ3) is 3.37. The van der Waals surface area contributed by atoms with E-state index in [0.717, 1.165) is 23.7 Å². The second-order valence-corrected chi connectivity index (χ2v) is 6.07. The number of thiazole rings is 1. The molecule has 3 rings (SSSR count). The molecule has 20 heavy (non-hydrogen) atoms. The number of nitrogens with zero attached hydrogens (tertiary/aromatic N) is 3. The molecule has 102 valence electrons. The molecular weight excluding hydrogens is 292 g/mol. The average Bonchev–Trinajstić information content (AvgIpc) is 3.09. The molecule has 6 heteroatoms. The van der Waals surface area contributed by atoms with E-state index >= 15 is 0 Å². The first kappa shape index (κ1) is 13.1. The van der Waals surface area contributed by atoms with E-state index in [0.29, 0.717) is 4.47 Å². The van der Waals surface area contributed by atoms with Gasteiger partial charge in [0.05, 0.1) is 12.9 Å². The van der Waals surface area contributed by atoms with Gasteiger partial charge in [-0.05, 0) is 17.7 Å². The van der Waals surface area contributed by atoms with Gasteiger partial charge in [-0.15, -0.1) is 11.3 Å². The molecule has 0 spiro atoms. The Morgan fingerprint density at radius 3 is 3.05 bits per heavy atom. The van der Waals surface area contributed by atoms with Gasteiger partial charge in [0.25, 0.3) is 0 Å². The van der Waals surface area contributed by atoms with Crippen molar-refractivity contribution in [2.75, 3.05) is 5.32 Å². The lowest BCUT2D eigenvalue weighted by Gasteiger charge is -2.08. The minimum absolute atomic E-state index is 0.579. The minimum atomic E-state index is 0.579. The summed E-state index contributed by atoms with van der Waals surface area (Å²) in [5, 5.41) is 3.38. The number of aromatic nitrogens is 3. The molecule has 3 aromatic rings. The van der Waals surface area contributed by atoms with Crippen molar-refractivity contribution >= 4 is 28.6 Å². The average molecular weight is 305 g/mol. The monoisotopic (exact) mass is 304 g/mol. The highest BCUT2D eigenvalue weighted by molar-refractivity contribution is 7.15. The predicted molar refractivity (Wildman–Crippen MR) is 82.2 cm³/mol. The fraction of sp³-hybridized carbons (Fsp3) is 0.143. The maximum atomic E-state index is 5.82. The first-order valence-electron chi connectivity index (χ1n) is 6.18. The van der Waals surface area contributed by atoms with E-state index in [1.807, 2.05) is 23.2 Å². The van der Waals surface area contributed by atoms with Gasteiger partial charge in [0, 0.05) is 35.7 Å². The van der Waals surface area contributed by atoms with Crippen molar-refractivity contribution in [2.45, 2.75) is 13.1 Å². The van der Waals surface area contributed by atoms with Crippen LogP contribution in [0.2, 0.25) is 4.47 Å². The summed E-state index contributed by atoms with van der Waals surface area (Å²) in [6, 6.07) is 8.35. The van der Waals surface area contributed by atoms with Crippen LogP contribution in [0.4, 0.5) is 5.69 Å². The summed E-state index contributed by atoms with van der Waals surface area (Å²) >= 11 is 7.31. The highest BCUT2D eigenvalue weighted by Gasteiger charge is 2.01. The summed E-state index contributed by atoms with van der Waals surface area (Å²) < 4.78 is 2.62. The number of benzene rings is 1. The molecule has 0 saturated carbocycles. The van der Waals surface area contributed by atoms with Gasteiger partial charge >= 0.3 is 0 Å². The Labute approximate surface area is 126 Å². The Bertz CT molecular complexity index is 678. The van der Waals surface area contributed by atoms with Crippen LogP contribution < -0.4 is 5.32 Å². The van der Waals surface area contributed by atoms with Crippen molar-refractivity contribution in [1.82, 2.24) is 14.5 Å². The van der Waals surface area contributed by atoms with Crippen molar-refractivity contribution < 1.29 is 0 Å². The van der Waals surface area contributed by atoms with E-state index in [-0.39, 0.29) is 0 Å². The van der Waals surface area contributed by atoms with E-state index in [2.05, 4.69) is 33.5 Å². The second-order valence-electron chi connectivity index (χ2n) is 4.37. The van der Waals surface area contributed by atoms with Gasteiger partial charge in [-0.2, -0.15) is 0 Å². The Hall–Kier alpha value is -1.85. The molecule has 0 aliphatic rings.